The Hall–Kier alpha value is -2.92. The van der Waals surface area contributed by atoms with Gasteiger partial charge in [0.15, 0.2) is 0 Å². The number of rotatable bonds is 17. The van der Waals surface area contributed by atoms with Gasteiger partial charge in [0.05, 0.1) is 50.8 Å². The summed E-state index contributed by atoms with van der Waals surface area (Å²) in [5, 5.41) is 0. The van der Waals surface area contributed by atoms with E-state index in [0.717, 1.165) is 39.2 Å². The van der Waals surface area contributed by atoms with Crippen LogP contribution in [-0.2, 0) is 28.3 Å². The first-order chi connectivity index (χ1) is 20.7. The van der Waals surface area contributed by atoms with Gasteiger partial charge in [0, 0.05) is 14.2 Å². The summed E-state index contributed by atoms with van der Waals surface area (Å²) >= 11 is 0. The molecule has 8 nitrogen and oxygen atoms in total. The maximum Gasteiger partial charge on any atom is 0.494 e. The fraction of sp³-hybridized carbons (Fsp3) is 0.471. The molecule has 232 valence electrons. The van der Waals surface area contributed by atoms with E-state index in [0.29, 0.717) is 52.9 Å². The first-order valence-electron chi connectivity index (χ1n) is 14.8. The molecule has 43 heavy (non-hydrogen) atoms. The summed E-state index contributed by atoms with van der Waals surface area (Å²) < 4.78 is 45.5. The average Bonchev–Trinajstić information content (AvgIpc) is 3.23. The Labute approximate surface area is 256 Å². The Morgan fingerprint density at radius 1 is 0.512 bits per heavy atom. The van der Waals surface area contributed by atoms with Gasteiger partial charge >= 0.3 is 7.12 Å². The van der Waals surface area contributed by atoms with Crippen molar-refractivity contribution in [2.75, 3.05) is 67.1 Å². The van der Waals surface area contributed by atoms with Crippen LogP contribution in [0.2, 0.25) is 0 Å². The zero-order valence-corrected chi connectivity index (χ0v) is 26.4. The SMILES string of the molecule is COCCOCCOc1ccc(-c2cc(B3OC(C)(C)C(C)(C)O3)cc(-c3ccc(OCCOCCOC)cc3)c2)cc1. The number of hydrogen-bond donors (Lipinski definition) is 0. The maximum absolute atomic E-state index is 6.43. The highest BCUT2D eigenvalue weighted by molar-refractivity contribution is 6.62. The summed E-state index contributed by atoms with van der Waals surface area (Å²) in [4.78, 5) is 0. The van der Waals surface area contributed by atoms with Crippen LogP contribution in [0.1, 0.15) is 27.7 Å². The monoisotopic (exact) mass is 592 g/mol. The van der Waals surface area contributed by atoms with Crippen LogP contribution >= 0.6 is 0 Å². The molecule has 3 aromatic carbocycles. The van der Waals surface area contributed by atoms with Gasteiger partial charge in [0.1, 0.15) is 24.7 Å². The van der Waals surface area contributed by atoms with Crippen LogP contribution in [0, 0.1) is 0 Å². The molecule has 1 aliphatic rings. The Morgan fingerprint density at radius 3 is 1.30 bits per heavy atom. The minimum atomic E-state index is -0.481. The van der Waals surface area contributed by atoms with E-state index in [1.165, 1.54) is 0 Å². The van der Waals surface area contributed by atoms with E-state index in [9.17, 15) is 0 Å². The van der Waals surface area contributed by atoms with Crippen molar-refractivity contribution < 1.29 is 37.7 Å². The predicted molar refractivity (Wildman–Crippen MR) is 169 cm³/mol. The Kier molecular flexibility index (Phi) is 12.0. The van der Waals surface area contributed by atoms with E-state index < -0.39 is 18.3 Å². The lowest BCUT2D eigenvalue weighted by molar-refractivity contribution is 0.00578. The average molecular weight is 593 g/mol. The molecule has 4 rings (SSSR count). The highest BCUT2D eigenvalue weighted by atomic mass is 16.7. The highest BCUT2D eigenvalue weighted by Crippen LogP contribution is 2.37. The molecule has 1 saturated heterocycles. The Morgan fingerprint density at radius 2 is 0.907 bits per heavy atom. The number of methoxy groups -OCH3 is 2. The topological polar surface area (TPSA) is 73.8 Å². The standard InChI is InChI=1S/C34H45BO8/c1-33(2)34(3,4)43-35(42-33)30-24-28(26-7-11-31(12-8-26)40-21-19-38-17-15-36-5)23-29(25-30)27-9-13-32(14-10-27)41-22-20-39-18-16-37-6/h7-14,23-25H,15-22H2,1-6H3. The minimum absolute atomic E-state index is 0.438. The molecule has 0 amide bonds. The fourth-order valence-corrected chi connectivity index (χ4v) is 4.51. The first-order valence-corrected chi connectivity index (χ1v) is 14.8. The lowest BCUT2D eigenvalue weighted by atomic mass is 9.76. The number of benzene rings is 3. The zero-order valence-electron chi connectivity index (χ0n) is 26.4. The molecule has 0 atom stereocenters. The molecule has 0 aliphatic carbocycles. The third-order valence-electron chi connectivity index (χ3n) is 7.71. The lowest BCUT2D eigenvalue weighted by Gasteiger charge is -2.32. The van der Waals surface area contributed by atoms with Crippen LogP contribution in [0.25, 0.3) is 22.3 Å². The molecule has 9 heteroatoms. The van der Waals surface area contributed by atoms with E-state index in [4.69, 9.17) is 37.7 Å². The summed E-state index contributed by atoms with van der Waals surface area (Å²) in [6.45, 7) is 12.5. The van der Waals surface area contributed by atoms with Gasteiger partial charge in [-0.2, -0.15) is 0 Å². The van der Waals surface area contributed by atoms with Crippen molar-refractivity contribution in [3.05, 3.63) is 66.7 Å². The molecule has 0 radical (unpaired) electrons. The molecule has 0 spiro atoms. The Bertz CT molecular complexity index is 1170. The predicted octanol–water partition coefficient (Wildman–Crippen LogP) is 5.40. The molecule has 0 aromatic heterocycles. The van der Waals surface area contributed by atoms with Gasteiger partial charge in [-0.3, -0.25) is 0 Å². The molecule has 3 aromatic rings. The summed E-state index contributed by atoms with van der Waals surface area (Å²) in [6, 6.07) is 22.7. The molecule has 1 aliphatic heterocycles. The molecule has 0 unspecified atom stereocenters. The summed E-state index contributed by atoms with van der Waals surface area (Å²) in [7, 11) is 2.83. The molecule has 1 fully saturated rings. The summed E-state index contributed by atoms with van der Waals surface area (Å²) in [6.07, 6.45) is 0. The van der Waals surface area contributed by atoms with Gasteiger partial charge in [0.2, 0.25) is 0 Å². The quantitative estimate of drug-likeness (QED) is 0.152. The van der Waals surface area contributed by atoms with Crippen molar-refractivity contribution in [2.45, 2.75) is 38.9 Å². The van der Waals surface area contributed by atoms with Crippen molar-refractivity contribution in [3.8, 4) is 33.8 Å². The van der Waals surface area contributed by atoms with E-state index in [-0.39, 0.29) is 0 Å². The third-order valence-corrected chi connectivity index (χ3v) is 7.71. The summed E-state index contributed by atoms with van der Waals surface area (Å²) in [5.74, 6) is 1.59. The molecular formula is C34H45BO8. The van der Waals surface area contributed by atoms with Gasteiger partial charge in [0.25, 0.3) is 0 Å². The Balaban J connectivity index is 1.51. The first kappa shape index (κ1) is 33.0. The number of ether oxygens (including phenoxy) is 6. The van der Waals surface area contributed by atoms with Gasteiger partial charge in [-0.15, -0.1) is 0 Å². The van der Waals surface area contributed by atoms with Crippen molar-refractivity contribution in [3.63, 3.8) is 0 Å². The molecule has 0 N–H and O–H groups in total. The third kappa shape index (κ3) is 9.29. The van der Waals surface area contributed by atoms with Crippen molar-refractivity contribution in [1.82, 2.24) is 0 Å². The van der Waals surface area contributed by atoms with Crippen LogP contribution in [0.5, 0.6) is 11.5 Å². The van der Waals surface area contributed by atoms with E-state index >= 15 is 0 Å². The molecule has 0 saturated carbocycles. The second-order valence-electron chi connectivity index (χ2n) is 11.4. The van der Waals surface area contributed by atoms with Gasteiger partial charge in [-0.1, -0.05) is 36.4 Å². The van der Waals surface area contributed by atoms with E-state index in [2.05, 4.69) is 70.2 Å². The largest absolute Gasteiger partial charge is 0.494 e. The fourth-order valence-electron chi connectivity index (χ4n) is 4.51. The maximum atomic E-state index is 6.43. The molecule has 0 bridgehead atoms. The molecule has 1 heterocycles. The number of hydrogen-bond acceptors (Lipinski definition) is 8. The second kappa shape index (κ2) is 15.7. The van der Waals surface area contributed by atoms with Crippen LogP contribution in [0.15, 0.2) is 66.7 Å². The van der Waals surface area contributed by atoms with Gasteiger partial charge < -0.3 is 37.7 Å². The van der Waals surface area contributed by atoms with Crippen molar-refractivity contribution in [2.24, 2.45) is 0 Å². The van der Waals surface area contributed by atoms with Crippen molar-refractivity contribution >= 4 is 12.6 Å². The normalized spacial score (nSPS) is 15.5. The van der Waals surface area contributed by atoms with E-state index in [1.54, 1.807) is 14.2 Å². The van der Waals surface area contributed by atoms with Crippen LogP contribution in [0.3, 0.4) is 0 Å². The zero-order chi connectivity index (χ0) is 30.7. The van der Waals surface area contributed by atoms with Crippen LogP contribution in [0.4, 0.5) is 0 Å². The highest BCUT2D eigenvalue weighted by Gasteiger charge is 2.51. The summed E-state index contributed by atoms with van der Waals surface area (Å²) in [5.41, 5.74) is 4.34. The van der Waals surface area contributed by atoms with Crippen molar-refractivity contribution in [1.29, 1.82) is 0 Å². The minimum Gasteiger partial charge on any atom is -0.491 e. The van der Waals surface area contributed by atoms with Gasteiger partial charge in [-0.25, -0.2) is 0 Å². The van der Waals surface area contributed by atoms with E-state index in [1.807, 2.05) is 24.3 Å². The lowest BCUT2D eigenvalue weighted by Crippen LogP contribution is -2.41. The van der Waals surface area contributed by atoms with Crippen LogP contribution in [-0.4, -0.2) is 85.4 Å². The second-order valence-corrected chi connectivity index (χ2v) is 11.4. The van der Waals surface area contributed by atoms with Crippen LogP contribution < -0.4 is 14.9 Å². The molecular weight excluding hydrogens is 547 g/mol. The van der Waals surface area contributed by atoms with Gasteiger partial charge in [-0.05, 0) is 85.7 Å². The smallest absolute Gasteiger partial charge is 0.491 e.